The van der Waals surface area contributed by atoms with Crippen LogP contribution in [0.15, 0.2) is 65.0 Å². The summed E-state index contributed by atoms with van der Waals surface area (Å²) in [6.45, 7) is 8.12. The maximum absolute atomic E-state index is 13.0. The SMILES string of the molecule is C[Si](C)(C1=C([Si](C)(C)c2ccccc2)C(Cl)(Cl)C1=O)c1ccc(C(F)(F)F)cc1. The molecule has 1 aliphatic rings. The lowest BCUT2D eigenvalue weighted by Crippen LogP contribution is -2.64. The van der Waals surface area contributed by atoms with Gasteiger partial charge in [-0.25, -0.2) is 0 Å². The standard InChI is InChI=1S/C21H21Cl2F3OSi2/c1-28(2,16-12-10-14(11-13-16)21(24,25)26)17-18(27)20(22,23)19(17)29(3,4)15-8-6-5-7-9-15/h5-13H,1-4H3. The van der Waals surface area contributed by atoms with E-state index in [0.29, 0.717) is 5.20 Å². The Hall–Kier alpha value is -1.35. The van der Waals surface area contributed by atoms with Crippen molar-refractivity contribution >= 4 is 55.5 Å². The molecule has 0 atom stereocenters. The summed E-state index contributed by atoms with van der Waals surface area (Å²) in [7, 11) is -4.98. The summed E-state index contributed by atoms with van der Waals surface area (Å²) >= 11 is 13.0. The highest BCUT2D eigenvalue weighted by Crippen LogP contribution is 2.51. The predicted octanol–water partition coefficient (Wildman–Crippen LogP) is 5.37. The second-order valence-electron chi connectivity index (χ2n) is 8.34. The van der Waals surface area contributed by atoms with E-state index in [2.05, 4.69) is 13.1 Å². The third kappa shape index (κ3) is 3.65. The zero-order valence-electron chi connectivity index (χ0n) is 16.5. The van der Waals surface area contributed by atoms with Gasteiger partial charge in [0.15, 0.2) is 10.1 Å². The number of allylic oxidation sites excluding steroid dienone is 2. The highest BCUT2D eigenvalue weighted by molar-refractivity contribution is 7.08. The highest BCUT2D eigenvalue weighted by atomic mass is 35.5. The van der Waals surface area contributed by atoms with Crippen molar-refractivity contribution in [3.8, 4) is 0 Å². The second-order valence-corrected chi connectivity index (χ2v) is 18.3. The van der Waals surface area contributed by atoms with Gasteiger partial charge in [0.25, 0.3) is 0 Å². The van der Waals surface area contributed by atoms with Crippen molar-refractivity contribution in [2.75, 3.05) is 0 Å². The van der Waals surface area contributed by atoms with Gasteiger partial charge in [-0.1, -0.05) is 114 Å². The number of halogens is 5. The molecule has 3 rings (SSSR count). The predicted molar refractivity (Wildman–Crippen MR) is 119 cm³/mol. The Bertz CT molecular complexity index is 979. The fourth-order valence-electron chi connectivity index (χ4n) is 4.00. The van der Waals surface area contributed by atoms with Gasteiger partial charge in [0.1, 0.15) is 16.1 Å². The second kappa shape index (κ2) is 7.11. The maximum atomic E-state index is 13.0. The molecule has 0 aromatic heterocycles. The summed E-state index contributed by atoms with van der Waals surface area (Å²) in [5.74, 6) is -0.316. The molecule has 0 saturated carbocycles. The van der Waals surface area contributed by atoms with Crippen molar-refractivity contribution in [3.63, 3.8) is 0 Å². The lowest BCUT2D eigenvalue weighted by Gasteiger charge is -2.47. The van der Waals surface area contributed by atoms with Gasteiger partial charge in [-0.15, -0.1) is 0 Å². The number of hydrogen-bond acceptors (Lipinski definition) is 1. The molecule has 0 fully saturated rings. The molecule has 8 heteroatoms. The lowest BCUT2D eigenvalue weighted by molar-refractivity contribution is -0.137. The Kier molecular flexibility index (Phi) is 5.48. The first-order valence-corrected chi connectivity index (χ1v) is 15.9. The van der Waals surface area contributed by atoms with Crippen molar-refractivity contribution < 1.29 is 18.0 Å². The Morgan fingerprint density at radius 2 is 1.28 bits per heavy atom. The Balaban J connectivity index is 2.15. The molecular weight excluding hydrogens is 452 g/mol. The number of hydrogen-bond donors (Lipinski definition) is 0. The number of benzene rings is 2. The fraction of sp³-hybridized carbons (Fsp3) is 0.286. The number of ketones is 1. The number of carbonyl (C=O) groups excluding carboxylic acids is 1. The molecule has 0 unspecified atom stereocenters. The molecule has 29 heavy (non-hydrogen) atoms. The van der Waals surface area contributed by atoms with Gasteiger partial charge < -0.3 is 0 Å². The van der Waals surface area contributed by atoms with Crippen LogP contribution in [0.5, 0.6) is 0 Å². The van der Waals surface area contributed by atoms with E-state index in [1.807, 2.05) is 43.4 Å². The van der Waals surface area contributed by atoms with Crippen LogP contribution >= 0.6 is 23.2 Å². The molecule has 1 nitrogen and oxygen atoms in total. The quantitative estimate of drug-likeness (QED) is 0.431. The van der Waals surface area contributed by atoms with Crippen LogP contribution in [-0.2, 0) is 11.0 Å². The summed E-state index contributed by atoms with van der Waals surface area (Å²) in [5.41, 5.74) is -0.705. The van der Waals surface area contributed by atoms with E-state index >= 15 is 0 Å². The first-order chi connectivity index (χ1) is 13.2. The molecule has 0 amide bonds. The monoisotopic (exact) mass is 472 g/mol. The van der Waals surface area contributed by atoms with Crippen LogP contribution in [0.2, 0.25) is 26.2 Å². The molecule has 1 aliphatic carbocycles. The van der Waals surface area contributed by atoms with E-state index in [-0.39, 0.29) is 5.78 Å². The van der Waals surface area contributed by atoms with Gasteiger partial charge in [0.05, 0.1) is 5.56 Å². The van der Waals surface area contributed by atoms with Crippen LogP contribution in [0.1, 0.15) is 5.56 Å². The van der Waals surface area contributed by atoms with E-state index in [1.54, 1.807) is 0 Å². The molecule has 0 radical (unpaired) electrons. The van der Waals surface area contributed by atoms with Gasteiger partial charge in [-0.3, -0.25) is 4.79 Å². The normalized spacial score (nSPS) is 17.3. The minimum absolute atomic E-state index is 0.316. The van der Waals surface area contributed by atoms with Crippen molar-refractivity contribution in [2.45, 2.75) is 36.7 Å². The molecule has 0 saturated heterocycles. The molecule has 2 aromatic carbocycles. The minimum atomic E-state index is -4.40. The topological polar surface area (TPSA) is 17.1 Å². The van der Waals surface area contributed by atoms with Crippen LogP contribution in [0.25, 0.3) is 0 Å². The van der Waals surface area contributed by atoms with Crippen LogP contribution in [0, 0.1) is 0 Å². The molecule has 0 N–H and O–H groups in total. The lowest BCUT2D eigenvalue weighted by atomic mass is 10.1. The number of carbonyl (C=O) groups is 1. The first-order valence-electron chi connectivity index (χ1n) is 9.13. The summed E-state index contributed by atoms with van der Waals surface area (Å²) < 4.78 is 37.2. The van der Waals surface area contributed by atoms with Crippen LogP contribution in [0.4, 0.5) is 13.2 Å². The summed E-state index contributed by atoms with van der Waals surface area (Å²) in [6, 6.07) is 14.9. The molecule has 0 aliphatic heterocycles. The van der Waals surface area contributed by atoms with Crippen molar-refractivity contribution in [2.24, 2.45) is 0 Å². The highest BCUT2D eigenvalue weighted by Gasteiger charge is 2.60. The molecule has 0 heterocycles. The van der Waals surface area contributed by atoms with Crippen LogP contribution in [0.3, 0.4) is 0 Å². The maximum Gasteiger partial charge on any atom is 0.416 e. The number of Topliss-reactive ketones (excluding diaryl/α,β-unsaturated/α-hetero) is 1. The largest absolute Gasteiger partial charge is 0.416 e. The fourth-order valence-corrected chi connectivity index (χ4v) is 13.8. The van der Waals surface area contributed by atoms with Gasteiger partial charge in [-0.2, -0.15) is 13.2 Å². The zero-order chi connectivity index (χ0) is 21.8. The number of rotatable bonds is 4. The summed E-state index contributed by atoms with van der Waals surface area (Å²) in [5, 5.41) is 3.26. The molecule has 154 valence electrons. The van der Waals surface area contributed by atoms with Gasteiger partial charge in [0.2, 0.25) is 0 Å². The molecule has 0 spiro atoms. The molecule has 2 aromatic rings. The van der Waals surface area contributed by atoms with Gasteiger partial charge in [-0.05, 0) is 10.4 Å². The van der Waals surface area contributed by atoms with Gasteiger partial charge in [0, 0.05) is 0 Å². The van der Waals surface area contributed by atoms with Crippen molar-refractivity contribution in [3.05, 3.63) is 70.6 Å². The molecule has 0 bridgehead atoms. The van der Waals surface area contributed by atoms with Crippen LogP contribution in [-0.4, -0.2) is 26.3 Å². The smallest absolute Gasteiger partial charge is 0.291 e. The third-order valence-electron chi connectivity index (χ3n) is 5.76. The Morgan fingerprint density at radius 3 is 1.76 bits per heavy atom. The van der Waals surface area contributed by atoms with Crippen molar-refractivity contribution in [1.29, 1.82) is 0 Å². The third-order valence-corrected chi connectivity index (χ3v) is 14.2. The molecular formula is C21H21Cl2F3OSi2. The Labute approximate surface area is 180 Å². The van der Waals surface area contributed by atoms with Crippen molar-refractivity contribution in [1.82, 2.24) is 0 Å². The van der Waals surface area contributed by atoms with E-state index < -0.39 is 32.2 Å². The first kappa shape index (κ1) is 22.3. The number of alkyl halides is 5. The minimum Gasteiger partial charge on any atom is -0.291 e. The summed E-state index contributed by atoms with van der Waals surface area (Å²) in [6.07, 6.45) is -4.40. The Morgan fingerprint density at radius 1 is 0.793 bits per heavy atom. The van der Waals surface area contributed by atoms with Crippen LogP contribution < -0.4 is 10.4 Å². The van der Waals surface area contributed by atoms with E-state index in [0.717, 1.165) is 27.7 Å². The zero-order valence-corrected chi connectivity index (χ0v) is 20.0. The van der Waals surface area contributed by atoms with Gasteiger partial charge >= 0.3 is 6.18 Å². The van der Waals surface area contributed by atoms with E-state index in [4.69, 9.17) is 23.2 Å². The van der Waals surface area contributed by atoms with E-state index in [1.165, 1.54) is 12.1 Å². The average Bonchev–Trinajstić information content (AvgIpc) is 2.65. The average molecular weight is 473 g/mol. The van der Waals surface area contributed by atoms with E-state index in [9.17, 15) is 18.0 Å². The summed E-state index contributed by atoms with van der Waals surface area (Å²) in [4.78, 5) is 13.0.